The van der Waals surface area contributed by atoms with Crippen LogP contribution < -0.4 is 0 Å². The summed E-state index contributed by atoms with van der Waals surface area (Å²) in [6.07, 6.45) is 4.36. The molecule has 0 amide bonds. The van der Waals surface area contributed by atoms with Crippen LogP contribution in [0.5, 0.6) is 0 Å². The van der Waals surface area contributed by atoms with Gasteiger partial charge in [-0.3, -0.25) is 0 Å². The Hall–Kier alpha value is -0.0500. The zero-order valence-electron chi connectivity index (χ0n) is 7.34. The van der Waals surface area contributed by atoms with Crippen LogP contribution in [-0.4, -0.2) is 20.4 Å². The van der Waals surface area contributed by atoms with E-state index in [-0.39, 0.29) is 11.7 Å². The molecule has 0 saturated heterocycles. The zero-order valence-corrected chi connectivity index (χ0v) is 8.15. The van der Waals surface area contributed by atoms with Gasteiger partial charge < -0.3 is 0 Å². The van der Waals surface area contributed by atoms with Crippen LogP contribution in [0.15, 0.2) is 0 Å². The first-order valence-electron chi connectivity index (χ1n) is 3.96. The van der Waals surface area contributed by atoms with E-state index in [1.807, 2.05) is 0 Å². The Kier molecular flexibility index (Phi) is 4.73. The maximum absolute atomic E-state index is 10.8. The molecule has 2 nitrogen and oxygen atoms in total. The third-order valence-corrected chi connectivity index (χ3v) is 2.58. The molecule has 0 aliphatic heterocycles. The van der Waals surface area contributed by atoms with E-state index in [9.17, 15) is 8.42 Å². The van der Waals surface area contributed by atoms with E-state index < -0.39 is 9.84 Å². The van der Waals surface area contributed by atoms with Gasteiger partial charge in [0.25, 0.3) is 0 Å². The molecule has 11 heavy (non-hydrogen) atoms. The lowest BCUT2D eigenvalue weighted by Gasteiger charge is -2.07. The lowest BCUT2D eigenvalue weighted by atomic mass is 10.1. The van der Waals surface area contributed by atoms with Crippen LogP contribution >= 0.6 is 0 Å². The molecule has 1 unspecified atom stereocenters. The van der Waals surface area contributed by atoms with E-state index in [0.29, 0.717) is 0 Å². The maximum Gasteiger partial charge on any atom is 0.147 e. The third kappa shape index (κ3) is 7.85. The van der Waals surface area contributed by atoms with Gasteiger partial charge >= 0.3 is 0 Å². The number of hydrogen-bond acceptors (Lipinski definition) is 2. The van der Waals surface area contributed by atoms with Crippen molar-refractivity contribution in [2.45, 2.75) is 26.2 Å². The smallest absolute Gasteiger partial charge is 0.147 e. The minimum Gasteiger partial charge on any atom is -0.229 e. The van der Waals surface area contributed by atoms with Gasteiger partial charge in [-0.25, -0.2) is 8.42 Å². The molecule has 0 spiro atoms. The molecule has 3 heteroatoms. The molecule has 0 aliphatic carbocycles. The summed E-state index contributed by atoms with van der Waals surface area (Å²) < 4.78 is 21.5. The molecule has 67 valence electrons. The van der Waals surface area contributed by atoms with Gasteiger partial charge in [-0.05, 0) is 19.3 Å². The third-order valence-electron chi connectivity index (χ3n) is 1.50. The number of hydrogen-bond donors (Lipinski definition) is 0. The lowest BCUT2D eigenvalue weighted by Crippen LogP contribution is -2.11. The Morgan fingerprint density at radius 2 is 2.00 bits per heavy atom. The van der Waals surface area contributed by atoms with Crippen molar-refractivity contribution >= 4 is 9.84 Å². The summed E-state index contributed by atoms with van der Waals surface area (Å²) in [5.74, 6) is 0.303. The molecule has 1 radical (unpaired) electrons. The molecular formula is C8H17O2S. The number of sulfone groups is 1. The summed E-state index contributed by atoms with van der Waals surface area (Å²) in [4.78, 5) is 0. The highest BCUT2D eigenvalue weighted by molar-refractivity contribution is 7.90. The minimum absolute atomic E-state index is 0.0740. The second-order valence-corrected chi connectivity index (χ2v) is 5.29. The quantitative estimate of drug-likeness (QED) is 0.640. The Labute approximate surface area is 69.9 Å². The average molecular weight is 177 g/mol. The fourth-order valence-electron chi connectivity index (χ4n) is 1.00. The number of unbranched alkanes of at least 4 members (excludes halogenated alkanes) is 1. The molecule has 0 fully saturated rings. The Bertz CT molecular complexity index is 182. The minimum atomic E-state index is -2.82. The molecule has 0 aromatic rings. The van der Waals surface area contributed by atoms with E-state index in [1.54, 1.807) is 0 Å². The first-order valence-corrected chi connectivity index (χ1v) is 6.02. The lowest BCUT2D eigenvalue weighted by molar-refractivity contribution is 0.562. The molecule has 0 rings (SSSR count). The topological polar surface area (TPSA) is 34.1 Å². The second kappa shape index (κ2) is 4.75. The second-order valence-electron chi connectivity index (χ2n) is 3.10. The summed E-state index contributed by atoms with van der Waals surface area (Å²) in [5.41, 5.74) is 0. The van der Waals surface area contributed by atoms with E-state index in [0.717, 1.165) is 19.3 Å². The average Bonchev–Trinajstić information content (AvgIpc) is 1.79. The van der Waals surface area contributed by atoms with E-state index >= 15 is 0 Å². The highest BCUT2D eigenvalue weighted by atomic mass is 32.2. The standard InChI is InChI=1S/C8H17O2S/c1-4-5-6-8(2)7-11(3,9)10/h8H,2,4-7H2,1,3H3. The van der Waals surface area contributed by atoms with Crippen molar-refractivity contribution in [1.82, 2.24) is 0 Å². The van der Waals surface area contributed by atoms with Gasteiger partial charge in [-0.15, -0.1) is 0 Å². The van der Waals surface area contributed by atoms with Crippen LogP contribution in [-0.2, 0) is 9.84 Å². The van der Waals surface area contributed by atoms with Crippen molar-refractivity contribution in [2.75, 3.05) is 12.0 Å². The van der Waals surface area contributed by atoms with E-state index in [1.165, 1.54) is 6.26 Å². The van der Waals surface area contributed by atoms with Gasteiger partial charge in [0.1, 0.15) is 9.84 Å². The van der Waals surface area contributed by atoms with Crippen LogP contribution in [0.4, 0.5) is 0 Å². The fraction of sp³-hybridized carbons (Fsp3) is 0.875. The molecular weight excluding hydrogens is 160 g/mol. The van der Waals surface area contributed by atoms with Gasteiger partial charge in [-0.1, -0.05) is 19.8 Å². The van der Waals surface area contributed by atoms with Crippen molar-refractivity contribution in [3.63, 3.8) is 0 Å². The van der Waals surface area contributed by atoms with Crippen LogP contribution in [0.2, 0.25) is 0 Å². The first kappa shape index (κ1) is 11.0. The normalized spacial score (nSPS) is 14.8. The molecule has 0 aliphatic rings. The van der Waals surface area contributed by atoms with Crippen molar-refractivity contribution in [3.05, 3.63) is 6.92 Å². The van der Waals surface area contributed by atoms with Gasteiger partial charge in [-0.2, -0.15) is 0 Å². The molecule has 0 aromatic heterocycles. The predicted octanol–water partition coefficient (Wildman–Crippen LogP) is 1.67. The fourth-order valence-corrected chi connectivity index (χ4v) is 2.03. The van der Waals surface area contributed by atoms with Crippen LogP contribution in [0, 0.1) is 12.8 Å². The summed E-state index contributed by atoms with van der Waals surface area (Å²) in [6.45, 7) is 5.87. The Morgan fingerprint density at radius 3 is 2.36 bits per heavy atom. The molecule has 0 saturated carbocycles. The van der Waals surface area contributed by atoms with Crippen LogP contribution in [0.1, 0.15) is 26.2 Å². The van der Waals surface area contributed by atoms with Crippen molar-refractivity contribution in [3.8, 4) is 0 Å². The monoisotopic (exact) mass is 177 g/mol. The summed E-state index contributed by atoms with van der Waals surface area (Å²) in [6, 6.07) is 0. The highest BCUT2D eigenvalue weighted by Gasteiger charge is 2.09. The largest absolute Gasteiger partial charge is 0.229 e. The van der Waals surface area contributed by atoms with Crippen LogP contribution in [0.3, 0.4) is 0 Å². The van der Waals surface area contributed by atoms with Gasteiger partial charge in [0.05, 0.1) is 5.75 Å². The predicted molar refractivity (Wildman–Crippen MR) is 48.1 cm³/mol. The Balaban J connectivity index is 3.61. The van der Waals surface area contributed by atoms with Crippen molar-refractivity contribution in [1.29, 1.82) is 0 Å². The van der Waals surface area contributed by atoms with E-state index in [4.69, 9.17) is 0 Å². The van der Waals surface area contributed by atoms with Crippen molar-refractivity contribution < 1.29 is 8.42 Å². The van der Waals surface area contributed by atoms with Crippen molar-refractivity contribution in [2.24, 2.45) is 5.92 Å². The first-order chi connectivity index (χ1) is 4.95. The highest BCUT2D eigenvalue weighted by Crippen LogP contribution is 2.08. The molecule has 0 N–H and O–H groups in total. The molecule has 0 heterocycles. The Morgan fingerprint density at radius 1 is 1.45 bits per heavy atom. The summed E-state index contributed by atoms with van der Waals surface area (Å²) >= 11 is 0. The van der Waals surface area contributed by atoms with Gasteiger partial charge in [0.2, 0.25) is 0 Å². The van der Waals surface area contributed by atoms with Crippen LogP contribution in [0.25, 0.3) is 0 Å². The zero-order chi connectivity index (χ0) is 8.91. The molecule has 1 atom stereocenters. The van der Waals surface area contributed by atoms with Gasteiger partial charge in [0, 0.05) is 6.26 Å². The molecule has 0 aromatic carbocycles. The number of rotatable bonds is 5. The maximum atomic E-state index is 10.8. The van der Waals surface area contributed by atoms with Gasteiger partial charge in [0.15, 0.2) is 0 Å². The van der Waals surface area contributed by atoms with E-state index in [2.05, 4.69) is 13.8 Å². The summed E-state index contributed by atoms with van der Waals surface area (Å²) in [7, 11) is -2.82. The molecule has 0 bridgehead atoms. The summed E-state index contributed by atoms with van der Waals surface area (Å²) in [5, 5.41) is 0. The SMILES string of the molecule is [CH2]C(CCCC)CS(C)(=O)=O.